The van der Waals surface area contributed by atoms with Gasteiger partial charge >= 0.3 is 0 Å². The highest BCUT2D eigenvalue weighted by Crippen LogP contribution is 2.24. The van der Waals surface area contributed by atoms with Crippen LogP contribution in [0.5, 0.6) is 11.5 Å². The van der Waals surface area contributed by atoms with Gasteiger partial charge in [-0.1, -0.05) is 37.3 Å². The Morgan fingerprint density at radius 1 is 1.23 bits per heavy atom. The number of aromatic nitrogens is 1. The molecule has 0 N–H and O–H groups in total. The minimum Gasteiger partial charge on any atom is -0.456 e. The lowest BCUT2D eigenvalue weighted by Crippen LogP contribution is -2.29. The van der Waals surface area contributed by atoms with Crippen molar-refractivity contribution in [3.63, 3.8) is 0 Å². The van der Waals surface area contributed by atoms with Crippen molar-refractivity contribution in [1.82, 2.24) is 4.98 Å². The third-order valence-electron chi connectivity index (χ3n) is 3.75. The second kappa shape index (κ2) is 5.98. The molecule has 0 amide bonds. The Morgan fingerprint density at radius 3 is 2.91 bits per heavy atom. The molecule has 1 aromatic carbocycles. The van der Waals surface area contributed by atoms with Crippen LogP contribution >= 0.6 is 0 Å². The van der Waals surface area contributed by atoms with Gasteiger partial charge in [0.25, 0.3) is 0 Å². The standard InChI is InChI=1S/C19H17NO2/c1-13-5-3-7-17-16(11-13)19(9-10-20-17)22-18-8-4-6-15(12-21)14(18)2/h3-13H,1-2H3. The Morgan fingerprint density at radius 2 is 2.09 bits per heavy atom. The molecule has 2 aromatic rings. The number of rotatable bonds is 3. The largest absolute Gasteiger partial charge is 0.456 e. The molecule has 1 aliphatic rings. The minimum absolute atomic E-state index is 0.312. The lowest BCUT2D eigenvalue weighted by Gasteiger charge is -2.11. The number of pyridine rings is 1. The van der Waals surface area contributed by atoms with E-state index in [1.807, 2.05) is 37.3 Å². The van der Waals surface area contributed by atoms with Crippen molar-refractivity contribution in [1.29, 1.82) is 0 Å². The number of hydrogen-bond donors (Lipinski definition) is 0. The summed E-state index contributed by atoms with van der Waals surface area (Å²) in [5, 5.41) is 1.87. The SMILES string of the molecule is Cc1c(C=O)cccc1Oc1ccnc2c1=CC(C)C=CC=2. The average molecular weight is 291 g/mol. The monoisotopic (exact) mass is 291 g/mol. The van der Waals surface area contributed by atoms with E-state index in [2.05, 4.69) is 24.1 Å². The maximum absolute atomic E-state index is 11.1. The van der Waals surface area contributed by atoms with E-state index in [-0.39, 0.29) is 0 Å². The van der Waals surface area contributed by atoms with Crippen molar-refractivity contribution in [2.75, 3.05) is 0 Å². The van der Waals surface area contributed by atoms with E-state index in [0.717, 1.165) is 28.2 Å². The number of nitrogens with zero attached hydrogens (tertiary/aromatic N) is 1. The molecule has 0 aliphatic heterocycles. The first-order valence-electron chi connectivity index (χ1n) is 7.27. The molecule has 0 saturated heterocycles. The van der Waals surface area contributed by atoms with E-state index in [9.17, 15) is 4.79 Å². The fourth-order valence-corrected chi connectivity index (χ4v) is 2.49. The number of carbonyl (C=O) groups is 1. The fraction of sp³-hybridized carbons (Fsp3) is 0.158. The molecule has 3 rings (SSSR count). The van der Waals surface area contributed by atoms with Crippen LogP contribution in [0.1, 0.15) is 22.8 Å². The van der Waals surface area contributed by atoms with Crippen molar-refractivity contribution in [2.24, 2.45) is 5.92 Å². The van der Waals surface area contributed by atoms with Crippen LogP contribution in [0.15, 0.2) is 42.6 Å². The van der Waals surface area contributed by atoms with E-state index in [1.165, 1.54) is 0 Å². The van der Waals surface area contributed by atoms with Gasteiger partial charge in [0.05, 0.1) is 5.35 Å². The molecule has 1 heterocycles. The van der Waals surface area contributed by atoms with Crippen LogP contribution < -0.4 is 15.3 Å². The van der Waals surface area contributed by atoms with Crippen LogP contribution in [0, 0.1) is 12.8 Å². The van der Waals surface area contributed by atoms with E-state index < -0.39 is 0 Å². The summed E-state index contributed by atoms with van der Waals surface area (Å²) < 4.78 is 6.08. The number of hydrogen-bond acceptors (Lipinski definition) is 3. The quantitative estimate of drug-likeness (QED) is 0.816. The minimum atomic E-state index is 0.312. The van der Waals surface area contributed by atoms with E-state index in [0.29, 0.717) is 17.2 Å². The summed E-state index contributed by atoms with van der Waals surface area (Å²) in [7, 11) is 0. The van der Waals surface area contributed by atoms with Gasteiger partial charge in [-0.15, -0.1) is 0 Å². The molecule has 0 radical (unpaired) electrons. The maximum Gasteiger partial charge on any atom is 0.150 e. The van der Waals surface area contributed by atoms with Gasteiger partial charge in [0, 0.05) is 22.5 Å². The third kappa shape index (κ3) is 2.70. The van der Waals surface area contributed by atoms with Crippen LogP contribution in [0.25, 0.3) is 12.2 Å². The molecule has 0 fully saturated rings. The number of carbonyl (C=O) groups excluding carboxylic acids is 1. The number of benzene rings is 1. The van der Waals surface area contributed by atoms with E-state index in [4.69, 9.17) is 4.74 Å². The summed E-state index contributed by atoms with van der Waals surface area (Å²) in [5.41, 5.74) is 1.48. The molecule has 1 atom stereocenters. The van der Waals surface area contributed by atoms with Crippen molar-refractivity contribution in [2.45, 2.75) is 13.8 Å². The third-order valence-corrected chi connectivity index (χ3v) is 3.75. The van der Waals surface area contributed by atoms with Crippen molar-refractivity contribution < 1.29 is 9.53 Å². The van der Waals surface area contributed by atoms with Gasteiger partial charge in [-0.3, -0.25) is 9.78 Å². The zero-order chi connectivity index (χ0) is 15.5. The Hall–Kier alpha value is -2.68. The lowest BCUT2D eigenvalue weighted by atomic mass is 10.1. The number of ether oxygens (including phenoxy) is 1. The zero-order valence-corrected chi connectivity index (χ0v) is 12.6. The van der Waals surface area contributed by atoms with Gasteiger partial charge in [0.1, 0.15) is 17.8 Å². The van der Waals surface area contributed by atoms with Crippen LogP contribution in [0.3, 0.4) is 0 Å². The summed E-state index contributed by atoms with van der Waals surface area (Å²) in [6.07, 6.45) is 10.8. The van der Waals surface area contributed by atoms with Crippen LogP contribution in [0.4, 0.5) is 0 Å². The van der Waals surface area contributed by atoms with Crippen molar-refractivity contribution >= 4 is 18.4 Å². The second-order valence-electron chi connectivity index (χ2n) is 5.38. The van der Waals surface area contributed by atoms with E-state index >= 15 is 0 Å². The molecule has 0 bridgehead atoms. The van der Waals surface area contributed by atoms with E-state index in [1.54, 1.807) is 12.3 Å². The maximum atomic E-state index is 11.1. The fourth-order valence-electron chi connectivity index (χ4n) is 2.49. The highest BCUT2D eigenvalue weighted by molar-refractivity contribution is 5.78. The van der Waals surface area contributed by atoms with Crippen LogP contribution in [-0.4, -0.2) is 11.3 Å². The Kier molecular flexibility index (Phi) is 3.88. The first-order valence-corrected chi connectivity index (χ1v) is 7.27. The normalized spacial score (nSPS) is 16.0. The number of allylic oxidation sites excluding steroid dienone is 2. The average Bonchev–Trinajstić information content (AvgIpc) is 2.71. The summed E-state index contributed by atoms with van der Waals surface area (Å²) in [6.45, 7) is 4.01. The van der Waals surface area contributed by atoms with Crippen molar-refractivity contribution in [3.05, 3.63) is 64.3 Å². The summed E-state index contributed by atoms with van der Waals surface area (Å²) >= 11 is 0. The van der Waals surface area contributed by atoms with Gasteiger partial charge < -0.3 is 4.74 Å². The Balaban J connectivity index is 2.11. The first kappa shape index (κ1) is 14.3. The summed E-state index contributed by atoms with van der Waals surface area (Å²) in [4.78, 5) is 15.5. The highest BCUT2D eigenvalue weighted by atomic mass is 16.5. The summed E-state index contributed by atoms with van der Waals surface area (Å²) in [6, 6.07) is 7.34. The molecule has 1 unspecified atom stereocenters. The smallest absolute Gasteiger partial charge is 0.150 e. The highest BCUT2D eigenvalue weighted by Gasteiger charge is 2.08. The van der Waals surface area contributed by atoms with Gasteiger partial charge in [-0.25, -0.2) is 0 Å². The lowest BCUT2D eigenvalue weighted by molar-refractivity contribution is 0.112. The zero-order valence-electron chi connectivity index (χ0n) is 12.6. The van der Waals surface area contributed by atoms with Gasteiger partial charge in [0.2, 0.25) is 0 Å². The molecular weight excluding hydrogens is 274 g/mol. The molecule has 3 heteroatoms. The molecule has 22 heavy (non-hydrogen) atoms. The second-order valence-corrected chi connectivity index (χ2v) is 5.38. The predicted molar refractivity (Wildman–Crippen MR) is 87.4 cm³/mol. The van der Waals surface area contributed by atoms with Gasteiger partial charge in [-0.05, 0) is 31.1 Å². The molecule has 1 aromatic heterocycles. The van der Waals surface area contributed by atoms with Gasteiger partial charge in [0.15, 0.2) is 0 Å². The van der Waals surface area contributed by atoms with Crippen LogP contribution in [0.2, 0.25) is 0 Å². The molecule has 1 aliphatic carbocycles. The topological polar surface area (TPSA) is 39.2 Å². The molecule has 110 valence electrons. The predicted octanol–water partition coefficient (Wildman–Crippen LogP) is 2.76. The number of aldehydes is 1. The molecule has 3 nitrogen and oxygen atoms in total. The molecule has 0 spiro atoms. The van der Waals surface area contributed by atoms with Crippen molar-refractivity contribution in [3.8, 4) is 11.5 Å². The number of fused-ring (bicyclic) bond motifs is 1. The molecular formula is C19H17NO2. The first-order chi connectivity index (χ1) is 10.7. The summed E-state index contributed by atoms with van der Waals surface area (Å²) in [5.74, 6) is 1.76. The Bertz CT molecular complexity index is 865. The molecule has 0 saturated carbocycles. The Labute approximate surface area is 129 Å². The van der Waals surface area contributed by atoms with Gasteiger partial charge in [-0.2, -0.15) is 0 Å². The van der Waals surface area contributed by atoms with Crippen LogP contribution in [-0.2, 0) is 0 Å².